The van der Waals surface area contributed by atoms with E-state index in [9.17, 15) is 9.18 Å². The smallest absolute Gasteiger partial charge is 0.325 e. The number of hydrogen-bond acceptors (Lipinski definition) is 4. The number of hydrogen-bond donors (Lipinski definition) is 0. The Bertz CT molecular complexity index is 407. The van der Waals surface area contributed by atoms with Crippen LogP contribution in [0.2, 0.25) is 0 Å². The molecule has 0 radical (unpaired) electrons. The molecular weight excluding hydrogens is 223 g/mol. The van der Waals surface area contributed by atoms with Crippen LogP contribution in [0.4, 0.5) is 10.2 Å². The van der Waals surface area contributed by atoms with Gasteiger partial charge >= 0.3 is 5.97 Å². The van der Waals surface area contributed by atoms with Crippen LogP contribution in [-0.2, 0) is 9.53 Å². The number of rotatable bonds is 5. The lowest BCUT2D eigenvalue weighted by Gasteiger charge is -2.22. The van der Waals surface area contributed by atoms with Crippen molar-refractivity contribution in [3.8, 4) is 0 Å². The lowest BCUT2D eigenvalue weighted by atomic mass is 10.3. The van der Waals surface area contributed by atoms with Crippen molar-refractivity contribution in [2.24, 2.45) is 0 Å². The first-order chi connectivity index (χ1) is 8.22. The highest BCUT2D eigenvalue weighted by atomic mass is 19.1. The summed E-state index contributed by atoms with van der Waals surface area (Å²) in [5.41, 5.74) is 0. The van der Waals surface area contributed by atoms with Crippen molar-refractivity contribution in [3.63, 3.8) is 0 Å². The van der Waals surface area contributed by atoms with Gasteiger partial charge in [-0.2, -0.15) is 0 Å². The molecule has 2 rings (SSSR count). The fourth-order valence-electron chi connectivity index (χ4n) is 1.70. The predicted octanol–water partition coefficient (Wildman–Crippen LogP) is 1.75. The van der Waals surface area contributed by atoms with Gasteiger partial charge in [0.05, 0.1) is 6.61 Å². The Morgan fingerprint density at radius 1 is 1.65 bits per heavy atom. The molecule has 1 aromatic heterocycles. The summed E-state index contributed by atoms with van der Waals surface area (Å²) in [7, 11) is 0. The Hall–Kier alpha value is -1.65. The van der Waals surface area contributed by atoms with Gasteiger partial charge in [0.15, 0.2) is 11.6 Å². The van der Waals surface area contributed by atoms with E-state index in [0.717, 1.165) is 12.8 Å². The van der Waals surface area contributed by atoms with Crippen molar-refractivity contribution in [1.82, 2.24) is 4.98 Å². The van der Waals surface area contributed by atoms with Gasteiger partial charge < -0.3 is 9.64 Å². The van der Waals surface area contributed by atoms with E-state index >= 15 is 0 Å². The van der Waals surface area contributed by atoms with Gasteiger partial charge in [-0.05, 0) is 31.9 Å². The molecule has 0 amide bonds. The number of carbonyl (C=O) groups excluding carboxylic acids is 1. The van der Waals surface area contributed by atoms with E-state index in [1.165, 1.54) is 18.3 Å². The third-order valence-electron chi connectivity index (χ3n) is 2.60. The van der Waals surface area contributed by atoms with Crippen LogP contribution in [0.1, 0.15) is 19.8 Å². The number of nitrogens with zero attached hydrogens (tertiary/aromatic N) is 2. The van der Waals surface area contributed by atoms with Crippen molar-refractivity contribution in [2.75, 3.05) is 18.1 Å². The molecule has 92 valence electrons. The molecule has 5 heteroatoms. The normalized spacial score (nSPS) is 14.5. The van der Waals surface area contributed by atoms with E-state index in [1.807, 2.05) is 0 Å². The molecule has 1 aromatic rings. The summed E-state index contributed by atoms with van der Waals surface area (Å²) in [4.78, 5) is 17.1. The first-order valence-electron chi connectivity index (χ1n) is 5.75. The van der Waals surface area contributed by atoms with Crippen molar-refractivity contribution in [1.29, 1.82) is 0 Å². The molecule has 1 aliphatic carbocycles. The summed E-state index contributed by atoms with van der Waals surface area (Å²) in [5.74, 6) is -0.504. The van der Waals surface area contributed by atoms with Gasteiger partial charge in [-0.3, -0.25) is 4.79 Å². The summed E-state index contributed by atoms with van der Waals surface area (Å²) in [5, 5.41) is 0. The largest absolute Gasteiger partial charge is 0.465 e. The zero-order valence-electron chi connectivity index (χ0n) is 9.73. The number of pyridine rings is 1. The molecule has 1 aliphatic rings. The minimum absolute atomic E-state index is 0.0619. The maximum Gasteiger partial charge on any atom is 0.325 e. The predicted molar refractivity (Wildman–Crippen MR) is 61.2 cm³/mol. The fraction of sp³-hybridized carbons (Fsp3) is 0.500. The van der Waals surface area contributed by atoms with Crippen molar-refractivity contribution in [2.45, 2.75) is 25.8 Å². The van der Waals surface area contributed by atoms with Crippen LogP contribution in [0.25, 0.3) is 0 Å². The average molecular weight is 238 g/mol. The van der Waals surface area contributed by atoms with Crippen molar-refractivity contribution >= 4 is 11.8 Å². The molecule has 4 nitrogen and oxygen atoms in total. The second kappa shape index (κ2) is 5.12. The second-order valence-electron chi connectivity index (χ2n) is 3.97. The lowest BCUT2D eigenvalue weighted by Crippen LogP contribution is -2.34. The number of aromatic nitrogens is 1. The Morgan fingerprint density at radius 2 is 2.41 bits per heavy atom. The number of ether oxygens (including phenoxy) is 1. The van der Waals surface area contributed by atoms with Crippen molar-refractivity contribution < 1.29 is 13.9 Å². The fourth-order valence-corrected chi connectivity index (χ4v) is 1.70. The minimum Gasteiger partial charge on any atom is -0.465 e. The van der Waals surface area contributed by atoms with Gasteiger partial charge in [-0.25, -0.2) is 9.37 Å². The third kappa shape index (κ3) is 2.93. The third-order valence-corrected chi connectivity index (χ3v) is 2.60. The van der Waals surface area contributed by atoms with Crippen LogP contribution in [0.15, 0.2) is 18.3 Å². The quantitative estimate of drug-likeness (QED) is 0.733. The Kier molecular flexibility index (Phi) is 3.56. The zero-order chi connectivity index (χ0) is 12.3. The standard InChI is InChI=1S/C12H15FN2O2/c1-2-17-11(16)8-15(9-5-6-9)12-10(13)4-3-7-14-12/h3-4,7,9H,2,5-6,8H2,1H3. The van der Waals surface area contributed by atoms with Crippen molar-refractivity contribution in [3.05, 3.63) is 24.1 Å². The topological polar surface area (TPSA) is 42.4 Å². The van der Waals surface area contributed by atoms with E-state index in [-0.39, 0.29) is 24.4 Å². The van der Waals surface area contributed by atoms with Gasteiger partial charge in [0.1, 0.15) is 6.54 Å². The molecule has 0 aliphatic heterocycles. The van der Waals surface area contributed by atoms with Crippen LogP contribution in [0.3, 0.4) is 0 Å². The SMILES string of the molecule is CCOC(=O)CN(c1ncccc1F)C1CC1. The molecule has 0 saturated heterocycles. The van der Waals surface area contributed by atoms with Crippen LogP contribution in [0.5, 0.6) is 0 Å². The van der Waals surface area contributed by atoms with Gasteiger partial charge in [0.2, 0.25) is 0 Å². The lowest BCUT2D eigenvalue weighted by molar-refractivity contribution is -0.141. The summed E-state index contributed by atoms with van der Waals surface area (Å²) in [6, 6.07) is 3.10. The monoisotopic (exact) mass is 238 g/mol. The molecule has 17 heavy (non-hydrogen) atoms. The van der Waals surface area contributed by atoms with E-state index < -0.39 is 5.82 Å². The molecule has 0 N–H and O–H groups in total. The zero-order valence-corrected chi connectivity index (χ0v) is 9.73. The van der Waals surface area contributed by atoms with E-state index in [2.05, 4.69) is 4.98 Å². The van der Waals surface area contributed by atoms with E-state index in [4.69, 9.17) is 4.74 Å². The summed E-state index contributed by atoms with van der Waals surface area (Å²) in [6.45, 7) is 2.15. The van der Waals surface area contributed by atoms with E-state index in [0.29, 0.717) is 6.61 Å². The highest BCUT2D eigenvalue weighted by Gasteiger charge is 2.33. The highest BCUT2D eigenvalue weighted by Crippen LogP contribution is 2.31. The number of esters is 1. The van der Waals surface area contributed by atoms with Crippen LogP contribution in [-0.4, -0.2) is 30.1 Å². The number of carbonyl (C=O) groups is 1. The van der Waals surface area contributed by atoms with Crippen LogP contribution < -0.4 is 4.90 Å². The summed E-state index contributed by atoms with van der Waals surface area (Å²) >= 11 is 0. The molecule has 0 aromatic carbocycles. The molecule has 1 fully saturated rings. The van der Waals surface area contributed by atoms with Gasteiger partial charge in [0, 0.05) is 12.2 Å². The highest BCUT2D eigenvalue weighted by molar-refractivity contribution is 5.75. The summed E-state index contributed by atoms with van der Waals surface area (Å²) in [6.07, 6.45) is 3.46. The maximum atomic E-state index is 13.6. The summed E-state index contributed by atoms with van der Waals surface area (Å²) < 4.78 is 18.5. The maximum absolute atomic E-state index is 13.6. The molecule has 0 bridgehead atoms. The number of halogens is 1. The average Bonchev–Trinajstić information content (AvgIpc) is 3.11. The Morgan fingerprint density at radius 3 is 3.00 bits per heavy atom. The first-order valence-corrected chi connectivity index (χ1v) is 5.75. The van der Waals surface area contributed by atoms with Crippen LogP contribution >= 0.6 is 0 Å². The molecular formula is C12H15FN2O2. The minimum atomic E-state index is -0.399. The van der Waals surface area contributed by atoms with Gasteiger partial charge in [-0.1, -0.05) is 0 Å². The molecule has 1 saturated carbocycles. The molecule has 0 spiro atoms. The second-order valence-corrected chi connectivity index (χ2v) is 3.97. The number of anilines is 1. The Labute approximate surface area is 99.4 Å². The molecule has 0 atom stereocenters. The molecule has 1 heterocycles. The van der Waals surface area contributed by atoms with Crippen LogP contribution in [0, 0.1) is 5.82 Å². The first kappa shape index (κ1) is 11.8. The van der Waals surface area contributed by atoms with Gasteiger partial charge in [-0.15, -0.1) is 0 Å². The molecule has 0 unspecified atom stereocenters. The Balaban J connectivity index is 2.12. The van der Waals surface area contributed by atoms with E-state index in [1.54, 1.807) is 11.8 Å². The van der Waals surface area contributed by atoms with Gasteiger partial charge in [0.25, 0.3) is 0 Å².